The van der Waals surface area contributed by atoms with Crippen molar-refractivity contribution in [3.63, 3.8) is 0 Å². The molecule has 1 amide bonds. The highest BCUT2D eigenvalue weighted by Gasteiger charge is 2.17. The first-order valence-electron chi connectivity index (χ1n) is 6.40. The molecule has 1 rings (SSSR count). The van der Waals surface area contributed by atoms with E-state index in [0.29, 0.717) is 13.2 Å². The Kier molecular flexibility index (Phi) is 6.13. The van der Waals surface area contributed by atoms with Crippen LogP contribution in [0.15, 0.2) is 23.1 Å². The minimum atomic E-state index is -3.88. The standard InChI is InChI=1S/C13H20N2O5S/c1-4-20-9(2)8-15-13(16)11-7-10(21(14,17)18)5-6-12(11)19-3/h5-7,9H,4,8H2,1-3H3,(H,15,16)(H2,14,17,18). The molecule has 118 valence electrons. The van der Waals surface area contributed by atoms with Crippen molar-refractivity contribution in [2.24, 2.45) is 5.14 Å². The minimum absolute atomic E-state index is 0.104. The summed E-state index contributed by atoms with van der Waals surface area (Å²) < 4.78 is 33.0. The van der Waals surface area contributed by atoms with Crippen LogP contribution in [-0.4, -0.2) is 40.7 Å². The molecule has 0 saturated heterocycles. The van der Waals surface area contributed by atoms with Crippen LogP contribution >= 0.6 is 0 Å². The number of carbonyl (C=O) groups is 1. The number of hydrogen-bond acceptors (Lipinski definition) is 5. The second-order valence-corrected chi connectivity index (χ2v) is 5.94. The van der Waals surface area contributed by atoms with Gasteiger partial charge in [-0.25, -0.2) is 13.6 Å². The van der Waals surface area contributed by atoms with Crippen molar-refractivity contribution < 1.29 is 22.7 Å². The maximum Gasteiger partial charge on any atom is 0.255 e. The fraction of sp³-hybridized carbons (Fsp3) is 0.462. The van der Waals surface area contributed by atoms with Gasteiger partial charge in [0, 0.05) is 13.2 Å². The first-order chi connectivity index (χ1) is 9.79. The molecule has 1 atom stereocenters. The number of methoxy groups -OCH3 is 1. The maximum absolute atomic E-state index is 12.1. The van der Waals surface area contributed by atoms with E-state index in [-0.39, 0.29) is 22.3 Å². The SMILES string of the molecule is CCOC(C)CNC(=O)c1cc(S(N)(=O)=O)ccc1OC. The zero-order valence-electron chi connectivity index (χ0n) is 12.3. The van der Waals surface area contributed by atoms with Gasteiger partial charge in [-0.15, -0.1) is 0 Å². The summed E-state index contributed by atoms with van der Waals surface area (Å²) in [4.78, 5) is 12.0. The van der Waals surface area contributed by atoms with Crippen LogP contribution in [0.5, 0.6) is 5.75 Å². The molecule has 0 aromatic heterocycles. The topological polar surface area (TPSA) is 108 Å². The molecule has 0 aliphatic rings. The van der Waals surface area contributed by atoms with Gasteiger partial charge in [0.05, 0.1) is 23.7 Å². The lowest BCUT2D eigenvalue weighted by Gasteiger charge is -2.14. The second-order valence-electron chi connectivity index (χ2n) is 4.38. The summed E-state index contributed by atoms with van der Waals surface area (Å²) in [6, 6.07) is 3.86. The van der Waals surface area contributed by atoms with Crippen molar-refractivity contribution in [3.05, 3.63) is 23.8 Å². The van der Waals surface area contributed by atoms with Crippen LogP contribution in [0.3, 0.4) is 0 Å². The summed E-state index contributed by atoms with van der Waals surface area (Å²) in [5, 5.41) is 7.72. The zero-order chi connectivity index (χ0) is 16.0. The van der Waals surface area contributed by atoms with E-state index >= 15 is 0 Å². The normalized spacial score (nSPS) is 12.8. The predicted molar refractivity (Wildman–Crippen MR) is 77.8 cm³/mol. The summed E-state index contributed by atoms with van der Waals surface area (Å²) in [6.07, 6.45) is -0.147. The Bertz CT molecular complexity index is 601. The number of amides is 1. The lowest BCUT2D eigenvalue weighted by atomic mass is 10.2. The Morgan fingerprint density at radius 2 is 2.10 bits per heavy atom. The minimum Gasteiger partial charge on any atom is -0.496 e. The number of nitrogens with one attached hydrogen (secondary N) is 1. The fourth-order valence-corrected chi connectivity index (χ4v) is 2.26. The van der Waals surface area contributed by atoms with E-state index in [1.54, 1.807) is 0 Å². The third-order valence-electron chi connectivity index (χ3n) is 2.75. The van der Waals surface area contributed by atoms with Crippen molar-refractivity contribution in [1.82, 2.24) is 5.32 Å². The number of hydrogen-bond donors (Lipinski definition) is 2. The van der Waals surface area contributed by atoms with Crippen LogP contribution in [0.2, 0.25) is 0 Å². The third-order valence-corrected chi connectivity index (χ3v) is 3.66. The largest absolute Gasteiger partial charge is 0.496 e. The zero-order valence-corrected chi connectivity index (χ0v) is 13.1. The van der Waals surface area contributed by atoms with Crippen molar-refractivity contribution in [2.45, 2.75) is 24.8 Å². The van der Waals surface area contributed by atoms with Crippen molar-refractivity contribution in [1.29, 1.82) is 0 Å². The van der Waals surface area contributed by atoms with Crippen LogP contribution in [0.1, 0.15) is 24.2 Å². The number of ether oxygens (including phenoxy) is 2. The molecule has 1 unspecified atom stereocenters. The van der Waals surface area contributed by atoms with Gasteiger partial charge in [0.25, 0.3) is 5.91 Å². The number of rotatable bonds is 7. The van der Waals surface area contributed by atoms with Gasteiger partial charge in [-0.1, -0.05) is 0 Å². The number of benzene rings is 1. The highest BCUT2D eigenvalue weighted by atomic mass is 32.2. The second kappa shape index (κ2) is 7.39. The van der Waals surface area contributed by atoms with E-state index in [4.69, 9.17) is 14.6 Å². The summed E-state index contributed by atoms with van der Waals surface area (Å²) in [5.74, 6) is -0.187. The Labute approximate surface area is 124 Å². The molecule has 0 fully saturated rings. The fourth-order valence-electron chi connectivity index (χ4n) is 1.72. The van der Waals surface area contributed by atoms with Crippen LogP contribution in [0.25, 0.3) is 0 Å². The molecule has 0 spiro atoms. The van der Waals surface area contributed by atoms with Crippen LogP contribution in [0, 0.1) is 0 Å². The molecule has 0 aliphatic carbocycles. The Balaban J connectivity index is 2.96. The molecule has 21 heavy (non-hydrogen) atoms. The van der Waals surface area contributed by atoms with Gasteiger partial charge in [0.1, 0.15) is 5.75 Å². The van der Waals surface area contributed by atoms with Crippen LogP contribution in [-0.2, 0) is 14.8 Å². The predicted octanol–water partition coefficient (Wildman–Crippen LogP) is 0.497. The summed E-state index contributed by atoms with van der Waals surface area (Å²) in [6.45, 7) is 4.52. The Morgan fingerprint density at radius 1 is 1.43 bits per heavy atom. The number of nitrogens with two attached hydrogens (primary N) is 1. The Hall–Kier alpha value is -1.64. The smallest absolute Gasteiger partial charge is 0.255 e. The van der Waals surface area contributed by atoms with Gasteiger partial charge in [0.2, 0.25) is 10.0 Å². The molecule has 8 heteroatoms. The number of primary sulfonamides is 1. The third kappa shape index (κ3) is 5.00. The molecule has 0 heterocycles. The van der Waals surface area contributed by atoms with E-state index in [0.717, 1.165) is 0 Å². The Morgan fingerprint density at radius 3 is 2.62 bits per heavy atom. The van der Waals surface area contributed by atoms with Crippen molar-refractivity contribution in [2.75, 3.05) is 20.3 Å². The molecule has 0 saturated carbocycles. The van der Waals surface area contributed by atoms with Gasteiger partial charge in [-0.2, -0.15) is 0 Å². The van der Waals surface area contributed by atoms with E-state index in [2.05, 4.69) is 5.32 Å². The maximum atomic E-state index is 12.1. The van der Waals surface area contributed by atoms with Gasteiger partial charge in [-0.3, -0.25) is 4.79 Å². The molecule has 0 radical (unpaired) electrons. The summed E-state index contributed by atoms with van der Waals surface area (Å²) >= 11 is 0. The van der Waals surface area contributed by atoms with Gasteiger partial charge < -0.3 is 14.8 Å². The first kappa shape index (κ1) is 17.4. The molecular weight excluding hydrogens is 296 g/mol. The van der Waals surface area contributed by atoms with Gasteiger partial charge in [0.15, 0.2) is 0 Å². The van der Waals surface area contributed by atoms with Gasteiger partial charge in [-0.05, 0) is 32.0 Å². The van der Waals surface area contributed by atoms with E-state index in [1.165, 1.54) is 25.3 Å². The van der Waals surface area contributed by atoms with E-state index in [1.807, 2.05) is 13.8 Å². The molecular formula is C13H20N2O5S. The molecule has 0 bridgehead atoms. The van der Waals surface area contributed by atoms with Crippen LogP contribution in [0.4, 0.5) is 0 Å². The van der Waals surface area contributed by atoms with Crippen molar-refractivity contribution >= 4 is 15.9 Å². The lowest BCUT2D eigenvalue weighted by molar-refractivity contribution is 0.0694. The number of carbonyl (C=O) groups excluding carboxylic acids is 1. The van der Waals surface area contributed by atoms with E-state index in [9.17, 15) is 13.2 Å². The average Bonchev–Trinajstić information content (AvgIpc) is 2.43. The number of sulfonamides is 1. The van der Waals surface area contributed by atoms with Gasteiger partial charge >= 0.3 is 0 Å². The molecule has 7 nitrogen and oxygen atoms in total. The highest BCUT2D eigenvalue weighted by Crippen LogP contribution is 2.21. The summed E-state index contributed by atoms with van der Waals surface area (Å²) in [7, 11) is -2.49. The molecule has 1 aromatic carbocycles. The van der Waals surface area contributed by atoms with E-state index < -0.39 is 15.9 Å². The molecule has 3 N–H and O–H groups in total. The quantitative estimate of drug-likeness (QED) is 0.761. The monoisotopic (exact) mass is 316 g/mol. The van der Waals surface area contributed by atoms with Crippen molar-refractivity contribution in [3.8, 4) is 5.75 Å². The summed E-state index contributed by atoms with van der Waals surface area (Å²) in [5.41, 5.74) is 0.104. The first-order valence-corrected chi connectivity index (χ1v) is 7.94. The molecule has 0 aliphatic heterocycles. The average molecular weight is 316 g/mol. The van der Waals surface area contributed by atoms with Crippen LogP contribution < -0.4 is 15.2 Å². The molecule has 1 aromatic rings. The highest BCUT2D eigenvalue weighted by molar-refractivity contribution is 7.89. The lowest BCUT2D eigenvalue weighted by Crippen LogP contribution is -2.32.